The van der Waals surface area contributed by atoms with Gasteiger partial charge in [0.1, 0.15) is 0 Å². The van der Waals surface area contributed by atoms with Gasteiger partial charge >= 0.3 is 0 Å². The molecule has 2 nitrogen and oxygen atoms in total. The van der Waals surface area contributed by atoms with Crippen molar-refractivity contribution in [3.8, 4) is 0 Å². The highest BCUT2D eigenvalue weighted by Crippen LogP contribution is 2.45. The first-order chi connectivity index (χ1) is 6.24. The van der Waals surface area contributed by atoms with E-state index < -0.39 is 11.5 Å². The second kappa shape index (κ2) is 3.74. The van der Waals surface area contributed by atoms with Crippen LogP contribution in [0.25, 0.3) is 0 Å². The number of halogens is 2. The Morgan fingerprint density at radius 2 is 1.86 bits per heavy atom. The molecule has 0 saturated heterocycles. The van der Waals surface area contributed by atoms with Gasteiger partial charge in [-0.3, -0.25) is 0 Å². The Morgan fingerprint density at radius 1 is 1.36 bits per heavy atom. The van der Waals surface area contributed by atoms with Gasteiger partial charge < -0.3 is 10.6 Å². The van der Waals surface area contributed by atoms with Gasteiger partial charge in [0.25, 0.3) is 5.92 Å². The van der Waals surface area contributed by atoms with Gasteiger partial charge in [-0.1, -0.05) is 0 Å². The van der Waals surface area contributed by atoms with E-state index in [0.717, 1.165) is 6.54 Å². The van der Waals surface area contributed by atoms with E-state index in [1.165, 1.54) is 0 Å². The summed E-state index contributed by atoms with van der Waals surface area (Å²) in [5.41, 5.74) is 5.20. The minimum absolute atomic E-state index is 0.147. The minimum atomic E-state index is -2.51. The van der Waals surface area contributed by atoms with Gasteiger partial charge in [0.05, 0.1) is 0 Å². The number of hydrogen-bond donors (Lipinski definition) is 1. The highest BCUT2D eigenvalue weighted by atomic mass is 19.3. The van der Waals surface area contributed by atoms with Crippen molar-refractivity contribution in [2.75, 3.05) is 13.6 Å². The van der Waals surface area contributed by atoms with Crippen LogP contribution in [0.5, 0.6) is 0 Å². The van der Waals surface area contributed by atoms with Crippen molar-refractivity contribution in [3.63, 3.8) is 0 Å². The van der Waals surface area contributed by atoms with E-state index >= 15 is 0 Å². The van der Waals surface area contributed by atoms with Crippen molar-refractivity contribution in [2.24, 2.45) is 5.73 Å². The zero-order valence-electron chi connectivity index (χ0n) is 9.19. The summed E-state index contributed by atoms with van der Waals surface area (Å²) in [6, 6.07) is 0.444. The first-order valence-electron chi connectivity index (χ1n) is 5.11. The molecular formula is C10H20F2N2. The number of rotatable bonds is 4. The Labute approximate surface area is 84.4 Å². The van der Waals surface area contributed by atoms with Gasteiger partial charge in [0.2, 0.25) is 0 Å². The molecule has 0 aromatic rings. The van der Waals surface area contributed by atoms with Crippen molar-refractivity contribution in [2.45, 2.75) is 50.6 Å². The zero-order chi connectivity index (χ0) is 11.0. The molecule has 0 bridgehead atoms. The normalized spacial score (nSPS) is 24.0. The molecule has 1 aliphatic carbocycles. The molecule has 0 spiro atoms. The van der Waals surface area contributed by atoms with Gasteiger partial charge in [0, 0.05) is 24.4 Å². The van der Waals surface area contributed by atoms with Crippen LogP contribution in [0.3, 0.4) is 0 Å². The Morgan fingerprint density at radius 3 is 2.21 bits per heavy atom. The highest BCUT2D eigenvalue weighted by Gasteiger charge is 2.53. The third-order valence-electron chi connectivity index (χ3n) is 3.07. The molecule has 2 N–H and O–H groups in total. The standard InChI is InChI=1S/C10H20F2N2/c1-8(2)14(3)5-4-9(13)6-10(11,12)7-9/h8H,4-7,13H2,1-3H3. The first-order valence-corrected chi connectivity index (χ1v) is 5.11. The molecule has 4 heteroatoms. The summed E-state index contributed by atoms with van der Waals surface area (Å²) in [4.78, 5) is 2.13. The van der Waals surface area contributed by atoms with E-state index in [9.17, 15) is 8.78 Å². The molecular weight excluding hydrogens is 186 g/mol. The van der Waals surface area contributed by atoms with E-state index in [2.05, 4.69) is 18.7 Å². The largest absolute Gasteiger partial charge is 0.325 e. The summed E-state index contributed by atoms with van der Waals surface area (Å²) in [5, 5.41) is 0. The maximum Gasteiger partial charge on any atom is 0.251 e. The number of nitrogens with two attached hydrogens (primary N) is 1. The highest BCUT2D eigenvalue weighted by molar-refractivity contribution is 5.03. The van der Waals surface area contributed by atoms with E-state index in [1.807, 2.05) is 7.05 Å². The molecule has 0 aromatic heterocycles. The molecule has 84 valence electrons. The Bertz CT molecular complexity index is 196. The summed E-state index contributed by atoms with van der Waals surface area (Å²) in [6.45, 7) is 4.96. The molecule has 0 heterocycles. The summed E-state index contributed by atoms with van der Waals surface area (Å²) >= 11 is 0. The van der Waals surface area contributed by atoms with Gasteiger partial charge in [0.15, 0.2) is 0 Å². The van der Waals surface area contributed by atoms with Gasteiger partial charge in [-0.15, -0.1) is 0 Å². The smallest absolute Gasteiger partial charge is 0.251 e. The predicted molar refractivity (Wildman–Crippen MR) is 53.5 cm³/mol. The minimum Gasteiger partial charge on any atom is -0.325 e. The SMILES string of the molecule is CC(C)N(C)CCC1(N)CC(F)(F)C1. The summed E-state index contributed by atoms with van der Waals surface area (Å²) in [5.74, 6) is -2.51. The van der Waals surface area contributed by atoms with E-state index in [1.54, 1.807) is 0 Å². The molecule has 0 aliphatic heterocycles. The maximum absolute atomic E-state index is 12.6. The van der Waals surface area contributed by atoms with Crippen LogP contribution in [0, 0.1) is 0 Å². The van der Waals surface area contributed by atoms with Crippen molar-refractivity contribution < 1.29 is 8.78 Å². The van der Waals surface area contributed by atoms with Crippen LogP contribution in [0.4, 0.5) is 8.78 Å². The molecule has 1 aliphatic rings. The lowest BCUT2D eigenvalue weighted by Crippen LogP contribution is -2.59. The zero-order valence-corrected chi connectivity index (χ0v) is 9.19. The first kappa shape index (κ1) is 11.9. The fourth-order valence-electron chi connectivity index (χ4n) is 1.81. The molecule has 0 aromatic carbocycles. The van der Waals surface area contributed by atoms with Crippen LogP contribution in [-0.4, -0.2) is 36.0 Å². The molecule has 1 saturated carbocycles. The second-order valence-corrected chi connectivity index (χ2v) is 4.90. The molecule has 1 rings (SSSR count). The molecule has 0 atom stereocenters. The van der Waals surface area contributed by atoms with Gasteiger partial charge in [-0.2, -0.15) is 0 Å². The van der Waals surface area contributed by atoms with Crippen molar-refractivity contribution in [1.82, 2.24) is 4.90 Å². The molecule has 0 amide bonds. The van der Waals surface area contributed by atoms with E-state index in [-0.39, 0.29) is 12.8 Å². The van der Waals surface area contributed by atoms with Crippen molar-refractivity contribution in [1.29, 1.82) is 0 Å². The van der Waals surface area contributed by atoms with Crippen LogP contribution < -0.4 is 5.73 Å². The molecule has 1 fully saturated rings. The fourth-order valence-corrected chi connectivity index (χ4v) is 1.81. The van der Waals surface area contributed by atoms with Gasteiger partial charge in [-0.25, -0.2) is 8.78 Å². The topological polar surface area (TPSA) is 29.3 Å². The lowest BCUT2D eigenvalue weighted by molar-refractivity contribution is -0.125. The van der Waals surface area contributed by atoms with Crippen molar-refractivity contribution >= 4 is 0 Å². The van der Waals surface area contributed by atoms with Crippen LogP contribution in [-0.2, 0) is 0 Å². The summed E-state index contributed by atoms with van der Waals surface area (Å²) < 4.78 is 25.2. The van der Waals surface area contributed by atoms with Crippen LogP contribution in [0.15, 0.2) is 0 Å². The summed E-state index contributed by atoms with van der Waals surface area (Å²) in [7, 11) is 1.99. The van der Waals surface area contributed by atoms with E-state index in [0.29, 0.717) is 12.5 Å². The van der Waals surface area contributed by atoms with Crippen LogP contribution in [0.1, 0.15) is 33.1 Å². The summed E-state index contributed by atoms with van der Waals surface area (Å²) in [6.07, 6.45) is 0.370. The monoisotopic (exact) mass is 206 g/mol. The fraction of sp³-hybridized carbons (Fsp3) is 1.00. The third-order valence-corrected chi connectivity index (χ3v) is 3.07. The lowest BCUT2D eigenvalue weighted by Gasteiger charge is -2.45. The number of nitrogens with zero attached hydrogens (tertiary/aromatic N) is 1. The second-order valence-electron chi connectivity index (χ2n) is 4.90. The quantitative estimate of drug-likeness (QED) is 0.760. The average Bonchev–Trinajstić information content (AvgIpc) is 1.96. The predicted octanol–water partition coefficient (Wildman–Crippen LogP) is 1.84. The van der Waals surface area contributed by atoms with Crippen LogP contribution >= 0.6 is 0 Å². The molecule has 14 heavy (non-hydrogen) atoms. The molecule has 0 radical (unpaired) electrons. The molecule has 0 unspecified atom stereocenters. The van der Waals surface area contributed by atoms with Gasteiger partial charge in [-0.05, 0) is 33.9 Å². The van der Waals surface area contributed by atoms with E-state index in [4.69, 9.17) is 5.73 Å². The Hall–Kier alpha value is -0.220. The van der Waals surface area contributed by atoms with Crippen LogP contribution in [0.2, 0.25) is 0 Å². The maximum atomic E-state index is 12.6. The number of hydrogen-bond acceptors (Lipinski definition) is 2. The third kappa shape index (κ3) is 2.89. The lowest BCUT2D eigenvalue weighted by atomic mass is 9.72. The Kier molecular flexibility index (Phi) is 3.17. The van der Waals surface area contributed by atoms with Crippen molar-refractivity contribution in [3.05, 3.63) is 0 Å². The Balaban J connectivity index is 2.26. The number of alkyl halides is 2. The average molecular weight is 206 g/mol.